The highest BCUT2D eigenvalue weighted by atomic mass is 32.1. The second-order valence-corrected chi connectivity index (χ2v) is 6.81. The molecule has 0 radical (unpaired) electrons. The molecule has 0 aliphatic carbocycles. The molecule has 3 aromatic rings. The highest BCUT2D eigenvalue weighted by Gasteiger charge is 2.05. The Hall–Kier alpha value is -2.20. The van der Waals surface area contributed by atoms with E-state index >= 15 is 0 Å². The van der Waals surface area contributed by atoms with Gasteiger partial charge in [0.15, 0.2) is 0 Å². The van der Waals surface area contributed by atoms with Gasteiger partial charge in [0.2, 0.25) is 5.91 Å². The van der Waals surface area contributed by atoms with Crippen LogP contribution in [0.1, 0.15) is 29.8 Å². The number of fused-ring (bicyclic) bond motifs is 1. The minimum absolute atomic E-state index is 0.0816. The van der Waals surface area contributed by atoms with Crippen molar-refractivity contribution < 1.29 is 4.79 Å². The van der Waals surface area contributed by atoms with E-state index in [9.17, 15) is 4.79 Å². The Kier molecular flexibility index (Phi) is 5.03. The third kappa shape index (κ3) is 4.39. The van der Waals surface area contributed by atoms with Gasteiger partial charge in [0, 0.05) is 12.1 Å². The van der Waals surface area contributed by atoms with Gasteiger partial charge < -0.3 is 5.32 Å². The molecule has 0 atom stereocenters. The number of anilines is 1. The van der Waals surface area contributed by atoms with Crippen molar-refractivity contribution in [1.82, 2.24) is 4.98 Å². The van der Waals surface area contributed by atoms with E-state index in [0.717, 1.165) is 35.5 Å². The van der Waals surface area contributed by atoms with Crippen LogP contribution in [0.15, 0.2) is 48.5 Å². The van der Waals surface area contributed by atoms with Crippen molar-refractivity contribution in [1.29, 1.82) is 0 Å². The summed E-state index contributed by atoms with van der Waals surface area (Å²) in [5.74, 6) is 0.0816. The maximum atomic E-state index is 11.9. The number of nitrogens with one attached hydrogen (secondary N) is 1. The van der Waals surface area contributed by atoms with Crippen LogP contribution in [0.4, 0.5) is 5.69 Å². The summed E-state index contributed by atoms with van der Waals surface area (Å²) < 4.78 is 1.24. The number of aryl methyl sites for hydroxylation is 2. The molecule has 1 heterocycles. The summed E-state index contributed by atoms with van der Waals surface area (Å²) in [4.78, 5) is 16.5. The largest absolute Gasteiger partial charge is 0.326 e. The quantitative estimate of drug-likeness (QED) is 0.651. The van der Waals surface area contributed by atoms with Gasteiger partial charge in [0.05, 0.1) is 15.2 Å². The van der Waals surface area contributed by atoms with Crippen molar-refractivity contribution in [2.24, 2.45) is 0 Å². The van der Waals surface area contributed by atoms with Gasteiger partial charge in [0.25, 0.3) is 0 Å². The molecule has 1 N–H and O–H groups in total. The van der Waals surface area contributed by atoms with Crippen LogP contribution >= 0.6 is 11.3 Å². The third-order valence-electron chi connectivity index (χ3n) is 3.72. The number of para-hydroxylation sites is 1. The van der Waals surface area contributed by atoms with Crippen LogP contribution < -0.4 is 5.32 Å². The van der Waals surface area contributed by atoms with Crippen LogP contribution in [0.5, 0.6) is 0 Å². The average molecular weight is 324 g/mol. The first-order chi connectivity index (χ1) is 11.2. The summed E-state index contributed by atoms with van der Waals surface area (Å²) in [5, 5.41) is 4.09. The molecule has 0 aliphatic heterocycles. The van der Waals surface area contributed by atoms with E-state index in [-0.39, 0.29) is 5.91 Å². The smallest absolute Gasteiger partial charge is 0.224 e. The summed E-state index contributed by atoms with van der Waals surface area (Å²) >= 11 is 1.75. The van der Waals surface area contributed by atoms with Gasteiger partial charge in [-0.3, -0.25) is 4.79 Å². The lowest BCUT2D eigenvalue weighted by molar-refractivity contribution is -0.116. The number of benzene rings is 2. The molecule has 0 unspecified atom stereocenters. The lowest BCUT2D eigenvalue weighted by atomic mass is 10.2. The fourth-order valence-corrected chi connectivity index (χ4v) is 3.46. The Balaban J connectivity index is 1.42. The molecule has 4 heteroatoms. The Bertz CT molecular complexity index is 759. The van der Waals surface area contributed by atoms with Gasteiger partial charge in [0.1, 0.15) is 0 Å². The number of aromatic nitrogens is 1. The number of thiazole rings is 1. The minimum atomic E-state index is 0.0816. The van der Waals surface area contributed by atoms with E-state index in [0.29, 0.717) is 6.42 Å². The van der Waals surface area contributed by atoms with Gasteiger partial charge in [-0.25, -0.2) is 4.98 Å². The Labute approximate surface area is 140 Å². The summed E-state index contributed by atoms with van der Waals surface area (Å²) in [5.41, 5.74) is 3.13. The first-order valence-electron chi connectivity index (χ1n) is 7.92. The molecule has 0 saturated carbocycles. The molecule has 23 heavy (non-hydrogen) atoms. The maximum absolute atomic E-state index is 11.9. The first-order valence-corrected chi connectivity index (χ1v) is 8.73. The SMILES string of the molecule is Cc1ccc(NC(=O)CCCCc2nc3ccccc3s2)cc1. The van der Waals surface area contributed by atoms with Crippen LogP contribution in [0.2, 0.25) is 0 Å². The standard InChI is InChI=1S/C19H20N2OS/c1-14-10-12-15(13-11-14)20-18(22)8-4-5-9-19-21-16-6-2-3-7-17(16)23-19/h2-3,6-7,10-13H,4-5,8-9H2,1H3,(H,20,22). The summed E-state index contributed by atoms with van der Waals surface area (Å²) in [6.45, 7) is 2.04. The number of carbonyl (C=O) groups is 1. The summed E-state index contributed by atoms with van der Waals surface area (Å²) in [6, 6.07) is 16.1. The van der Waals surface area contributed by atoms with Crippen molar-refractivity contribution in [2.75, 3.05) is 5.32 Å². The second-order valence-electron chi connectivity index (χ2n) is 5.70. The molecule has 1 amide bonds. The van der Waals surface area contributed by atoms with Crippen LogP contribution in [-0.2, 0) is 11.2 Å². The predicted molar refractivity (Wildman–Crippen MR) is 97.0 cm³/mol. The molecule has 0 bridgehead atoms. The normalized spacial score (nSPS) is 10.8. The number of amides is 1. The number of carbonyl (C=O) groups excluding carboxylic acids is 1. The summed E-state index contributed by atoms with van der Waals surface area (Å²) in [7, 11) is 0. The highest BCUT2D eigenvalue weighted by Crippen LogP contribution is 2.22. The van der Waals surface area contributed by atoms with Gasteiger partial charge >= 0.3 is 0 Å². The van der Waals surface area contributed by atoms with Crippen molar-refractivity contribution in [3.05, 3.63) is 59.1 Å². The van der Waals surface area contributed by atoms with Crippen molar-refractivity contribution in [3.8, 4) is 0 Å². The number of hydrogen-bond acceptors (Lipinski definition) is 3. The van der Waals surface area contributed by atoms with Crippen molar-refractivity contribution in [3.63, 3.8) is 0 Å². The van der Waals surface area contributed by atoms with E-state index in [1.165, 1.54) is 10.3 Å². The fraction of sp³-hybridized carbons (Fsp3) is 0.263. The molecule has 0 fully saturated rings. The molecule has 3 nitrogen and oxygen atoms in total. The average Bonchev–Trinajstić information content (AvgIpc) is 2.96. The first kappa shape index (κ1) is 15.7. The molecule has 0 spiro atoms. The third-order valence-corrected chi connectivity index (χ3v) is 4.81. The molecule has 2 aromatic carbocycles. The molecule has 0 saturated heterocycles. The molecular weight excluding hydrogens is 304 g/mol. The van der Waals surface area contributed by atoms with Gasteiger partial charge in [-0.15, -0.1) is 11.3 Å². The van der Waals surface area contributed by atoms with Gasteiger partial charge in [-0.1, -0.05) is 29.8 Å². The molecular formula is C19H20N2OS. The number of unbranched alkanes of at least 4 members (excludes halogenated alkanes) is 1. The van der Waals surface area contributed by atoms with E-state index < -0.39 is 0 Å². The van der Waals surface area contributed by atoms with E-state index in [4.69, 9.17) is 0 Å². The Morgan fingerprint density at radius 3 is 2.65 bits per heavy atom. The molecule has 3 rings (SSSR count). The second kappa shape index (κ2) is 7.38. The lowest BCUT2D eigenvalue weighted by Crippen LogP contribution is -2.11. The number of nitrogens with zero attached hydrogens (tertiary/aromatic N) is 1. The highest BCUT2D eigenvalue weighted by molar-refractivity contribution is 7.18. The lowest BCUT2D eigenvalue weighted by Gasteiger charge is -2.05. The zero-order valence-corrected chi connectivity index (χ0v) is 14.0. The van der Waals surface area contributed by atoms with E-state index in [1.54, 1.807) is 11.3 Å². The molecule has 0 aliphatic rings. The monoisotopic (exact) mass is 324 g/mol. The van der Waals surface area contributed by atoms with Crippen LogP contribution in [0.3, 0.4) is 0 Å². The predicted octanol–water partition coefficient (Wildman–Crippen LogP) is 4.96. The number of hydrogen-bond donors (Lipinski definition) is 1. The molecule has 1 aromatic heterocycles. The zero-order valence-electron chi connectivity index (χ0n) is 13.2. The zero-order chi connectivity index (χ0) is 16.1. The summed E-state index contributed by atoms with van der Waals surface area (Å²) in [6.07, 6.45) is 3.37. The van der Waals surface area contributed by atoms with Gasteiger partial charge in [-0.05, 0) is 50.5 Å². The van der Waals surface area contributed by atoms with Crippen molar-refractivity contribution in [2.45, 2.75) is 32.6 Å². The van der Waals surface area contributed by atoms with Crippen LogP contribution in [0.25, 0.3) is 10.2 Å². The Morgan fingerprint density at radius 2 is 1.87 bits per heavy atom. The minimum Gasteiger partial charge on any atom is -0.326 e. The van der Waals surface area contributed by atoms with E-state index in [2.05, 4.69) is 16.4 Å². The fourth-order valence-electron chi connectivity index (χ4n) is 2.45. The maximum Gasteiger partial charge on any atom is 0.224 e. The van der Waals surface area contributed by atoms with Crippen molar-refractivity contribution >= 4 is 33.1 Å². The molecule has 118 valence electrons. The Morgan fingerprint density at radius 1 is 1.09 bits per heavy atom. The topological polar surface area (TPSA) is 42.0 Å². The van der Waals surface area contributed by atoms with Crippen LogP contribution in [-0.4, -0.2) is 10.9 Å². The van der Waals surface area contributed by atoms with Gasteiger partial charge in [-0.2, -0.15) is 0 Å². The van der Waals surface area contributed by atoms with E-state index in [1.807, 2.05) is 49.4 Å². The van der Waals surface area contributed by atoms with Crippen LogP contribution in [0, 0.1) is 6.92 Å². The number of rotatable bonds is 6.